The number of hydrogen-bond donors (Lipinski definition) is 2. The molecular formula is C18H21N3O3S. The van der Waals surface area contributed by atoms with Gasteiger partial charge in [-0.3, -0.25) is 10.1 Å². The lowest BCUT2D eigenvalue weighted by molar-refractivity contribution is -0.137. The van der Waals surface area contributed by atoms with Crippen molar-refractivity contribution in [2.75, 3.05) is 18.9 Å². The summed E-state index contributed by atoms with van der Waals surface area (Å²) in [6.45, 7) is 0.169. The number of urea groups is 1. The molecule has 0 spiro atoms. The van der Waals surface area contributed by atoms with Crippen molar-refractivity contribution in [2.45, 2.75) is 31.6 Å². The van der Waals surface area contributed by atoms with Gasteiger partial charge in [0.05, 0.1) is 12.1 Å². The van der Waals surface area contributed by atoms with Gasteiger partial charge in [-0.05, 0) is 30.7 Å². The van der Waals surface area contributed by atoms with E-state index in [2.05, 4.69) is 34.6 Å². The van der Waals surface area contributed by atoms with Crippen molar-refractivity contribution in [2.24, 2.45) is 0 Å². The van der Waals surface area contributed by atoms with E-state index < -0.39 is 5.97 Å². The van der Waals surface area contributed by atoms with Crippen molar-refractivity contribution in [3.05, 3.63) is 46.5 Å². The molecule has 1 unspecified atom stereocenters. The number of aryl methyl sites for hydroxylation is 1. The Bertz CT molecular complexity index is 760. The molecule has 0 saturated carbocycles. The van der Waals surface area contributed by atoms with Crippen LogP contribution >= 0.6 is 11.3 Å². The third kappa shape index (κ3) is 4.36. The Labute approximate surface area is 150 Å². The molecule has 0 bridgehead atoms. The molecule has 25 heavy (non-hydrogen) atoms. The molecule has 6 nitrogen and oxygen atoms in total. The topological polar surface area (TPSA) is 82.5 Å². The van der Waals surface area contributed by atoms with Crippen LogP contribution in [0.3, 0.4) is 0 Å². The highest BCUT2D eigenvalue weighted by atomic mass is 32.1. The zero-order chi connectivity index (χ0) is 17.8. The molecule has 1 atom stereocenters. The van der Waals surface area contributed by atoms with Crippen molar-refractivity contribution in [3.63, 3.8) is 0 Å². The third-order valence-corrected chi connectivity index (χ3v) is 5.47. The van der Waals surface area contributed by atoms with Crippen LogP contribution in [-0.4, -0.2) is 40.6 Å². The van der Waals surface area contributed by atoms with Crippen LogP contribution in [0.4, 0.5) is 9.93 Å². The lowest BCUT2D eigenvalue weighted by Gasteiger charge is -2.21. The molecule has 7 heteroatoms. The van der Waals surface area contributed by atoms with Gasteiger partial charge in [0.2, 0.25) is 0 Å². The van der Waals surface area contributed by atoms with Crippen molar-refractivity contribution in [1.82, 2.24) is 9.88 Å². The van der Waals surface area contributed by atoms with Gasteiger partial charge in [-0.25, -0.2) is 9.78 Å². The zero-order valence-electron chi connectivity index (χ0n) is 14.1. The van der Waals surface area contributed by atoms with Crippen LogP contribution in [0, 0.1) is 0 Å². The Kier molecular flexibility index (Phi) is 5.33. The number of carboxylic acids is 1. The van der Waals surface area contributed by atoms with E-state index in [1.807, 2.05) is 6.07 Å². The molecule has 2 aromatic rings. The Hall–Kier alpha value is -2.41. The number of rotatable bonds is 5. The lowest BCUT2D eigenvalue weighted by Crippen LogP contribution is -2.33. The molecule has 0 fully saturated rings. The number of carbonyl (C=O) groups excluding carboxylic acids is 1. The van der Waals surface area contributed by atoms with Crippen LogP contribution in [0.1, 0.15) is 34.9 Å². The average Bonchev–Trinajstić information content (AvgIpc) is 3.01. The molecule has 3 rings (SSSR count). The minimum Gasteiger partial charge on any atom is -0.481 e. The van der Waals surface area contributed by atoms with Crippen molar-refractivity contribution >= 4 is 28.5 Å². The highest BCUT2D eigenvalue weighted by Crippen LogP contribution is 2.36. The number of nitrogens with zero attached hydrogens (tertiary/aromatic N) is 2. The quantitative estimate of drug-likeness (QED) is 0.858. The van der Waals surface area contributed by atoms with Gasteiger partial charge in [-0.1, -0.05) is 30.3 Å². The summed E-state index contributed by atoms with van der Waals surface area (Å²) in [5.74, 6) is -0.424. The molecule has 1 aliphatic rings. The van der Waals surface area contributed by atoms with Gasteiger partial charge in [0, 0.05) is 18.5 Å². The van der Waals surface area contributed by atoms with Crippen LogP contribution in [0.25, 0.3) is 0 Å². The second-order valence-corrected chi connectivity index (χ2v) is 7.32. The molecule has 0 saturated heterocycles. The van der Waals surface area contributed by atoms with Crippen molar-refractivity contribution < 1.29 is 14.7 Å². The predicted molar refractivity (Wildman–Crippen MR) is 97.2 cm³/mol. The third-order valence-electron chi connectivity index (χ3n) is 4.43. The number of aliphatic carboxylic acids is 1. The fraction of sp³-hybridized carbons (Fsp3) is 0.389. The van der Waals surface area contributed by atoms with Crippen LogP contribution < -0.4 is 5.32 Å². The molecule has 1 aliphatic carbocycles. The first kappa shape index (κ1) is 17.4. The summed E-state index contributed by atoms with van der Waals surface area (Å²) < 4.78 is 0. The van der Waals surface area contributed by atoms with Gasteiger partial charge in [0.25, 0.3) is 0 Å². The van der Waals surface area contributed by atoms with Gasteiger partial charge >= 0.3 is 12.0 Å². The monoisotopic (exact) mass is 359 g/mol. The standard InChI is InChI=1S/C18H21N3O3S/c1-21(10-9-16(22)23)18(24)20-17-19-14-8-7-13(11-15(14)25-17)12-5-3-2-4-6-12/h2-6,13H,7-11H2,1H3,(H,22,23)(H,19,20,24). The molecule has 132 valence electrons. The molecular weight excluding hydrogens is 338 g/mol. The van der Waals surface area contributed by atoms with E-state index in [4.69, 9.17) is 5.11 Å². The molecule has 0 radical (unpaired) electrons. The summed E-state index contributed by atoms with van der Waals surface area (Å²) in [6.07, 6.45) is 2.85. The average molecular weight is 359 g/mol. The number of aromatic nitrogens is 1. The van der Waals surface area contributed by atoms with Gasteiger partial charge in [-0.2, -0.15) is 0 Å². The van der Waals surface area contributed by atoms with Gasteiger partial charge in [-0.15, -0.1) is 11.3 Å². The maximum Gasteiger partial charge on any atom is 0.323 e. The summed E-state index contributed by atoms with van der Waals surface area (Å²) in [6, 6.07) is 10.2. The first-order valence-electron chi connectivity index (χ1n) is 8.30. The fourth-order valence-corrected chi connectivity index (χ4v) is 4.07. The second-order valence-electron chi connectivity index (χ2n) is 6.23. The smallest absolute Gasteiger partial charge is 0.323 e. The number of nitrogens with one attached hydrogen (secondary N) is 1. The highest BCUT2D eigenvalue weighted by molar-refractivity contribution is 7.15. The normalized spacial score (nSPS) is 16.1. The first-order chi connectivity index (χ1) is 12.0. The SMILES string of the molecule is CN(CCC(=O)O)C(=O)Nc1nc2c(s1)CC(c1ccccc1)CC2. The molecule has 1 aromatic carbocycles. The number of carbonyl (C=O) groups is 2. The Morgan fingerprint density at radius 3 is 2.84 bits per heavy atom. The van der Waals surface area contributed by atoms with E-state index in [1.54, 1.807) is 7.05 Å². The van der Waals surface area contributed by atoms with E-state index in [0.29, 0.717) is 11.0 Å². The largest absolute Gasteiger partial charge is 0.481 e. The summed E-state index contributed by atoms with van der Waals surface area (Å²) in [5, 5.41) is 12.1. The van der Waals surface area contributed by atoms with Crippen molar-refractivity contribution in [1.29, 1.82) is 0 Å². The number of fused-ring (bicyclic) bond motifs is 1. The molecule has 2 amide bonds. The minimum absolute atomic E-state index is 0.0724. The van der Waals surface area contributed by atoms with Crippen LogP contribution in [0.5, 0.6) is 0 Å². The number of amides is 2. The van der Waals surface area contributed by atoms with Crippen molar-refractivity contribution in [3.8, 4) is 0 Å². The number of hydrogen-bond acceptors (Lipinski definition) is 4. The number of thiazole rings is 1. The number of benzene rings is 1. The van der Waals surface area contributed by atoms with Crippen LogP contribution in [-0.2, 0) is 17.6 Å². The molecule has 0 aliphatic heterocycles. The van der Waals surface area contributed by atoms with E-state index in [-0.39, 0.29) is 19.0 Å². The summed E-state index contributed by atoms with van der Waals surface area (Å²) in [7, 11) is 1.58. The fourth-order valence-electron chi connectivity index (χ4n) is 2.99. The van der Waals surface area contributed by atoms with E-state index in [1.165, 1.54) is 26.7 Å². The number of anilines is 1. The summed E-state index contributed by atoms with van der Waals surface area (Å²) in [4.78, 5) is 29.8. The molecule has 1 aromatic heterocycles. The van der Waals surface area contributed by atoms with Crippen LogP contribution in [0.2, 0.25) is 0 Å². The Morgan fingerprint density at radius 1 is 1.36 bits per heavy atom. The second kappa shape index (κ2) is 7.65. The zero-order valence-corrected chi connectivity index (χ0v) is 14.9. The van der Waals surface area contributed by atoms with Crippen LogP contribution in [0.15, 0.2) is 30.3 Å². The predicted octanol–water partition coefficient (Wildman–Crippen LogP) is 3.35. The molecule has 2 N–H and O–H groups in total. The summed E-state index contributed by atoms with van der Waals surface area (Å²) >= 11 is 1.52. The molecule has 1 heterocycles. The van der Waals surface area contributed by atoms with Gasteiger partial charge in [0.15, 0.2) is 5.13 Å². The van der Waals surface area contributed by atoms with Gasteiger partial charge < -0.3 is 10.0 Å². The summed E-state index contributed by atoms with van der Waals surface area (Å²) in [5.41, 5.74) is 2.42. The Morgan fingerprint density at radius 2 is 2.12 bits per heavy atom. The lowest BCUT2D eigenvalue weighted by atomic mass is 9.85. The maximum absolute atomic E-state index is 12.1. The number of carboxylic acid groups (broad SMARTS) is 1. The Balaban J connectivity index is 1.62. The minimum atomic E-state index is -0.920. The van der Waals surface area contributed by atoms with E-state index in [0.717, 1.165) is 25.0 Å². The van der Waals surface area contributed by atoms with Gasteiger partial charge in [0.1, 0.15) is 0 Å². The first-order valence-corrected chi connectivity index (χ1v) is 9.12. The van der Waals surface area contributed by atoms with E-state index >= 15 is 0 Å². The highest BCUT2D eigenvalue weighted by Gasteiger charge is 2.24. The maximum atomic E-state index is 12.1. The van der Waals surface area contributed by atoms with E-state index in [9.17, 15) is 9.59 Å².